The number of anilines is 3. The highest BCUT2D eigenvalue weighted by Crippen LogP contribution is 2.32. The number of piperidine rings is 1. The summed E-state index contributed by atoms with van der Waals surface area (Å²) < 4.78 is 0. The van der Waals surface area contributed by atoms with Crippen LogP contribution in [0.2, 0.25) is 0 Å². The van der Waals surface area contributed by atoms with E-state index in [9.17, 15) is 24.3 Å². The van der Waals surface area contributed by atoms with Crippen LogP contribution in [0.5, 0.6) is 0 Å². The second kappa shape index (κ2) is 9.90. The number of aliphatic hydroxyl groups is 1. The van der Waals surface area contributed by atoms with Crippen LogP contribution in [-0.4, -0.2) is 75.4 Å². The summed E-state index contributed by atoms with van der Waals surface area (Å²) in [6.07, 6.45) is 3.89. The van der Waals surface area contributed by atoms with Gasteiger partial charge in [-0.2, -0.15) is 4.98 Å². The summed E-state index contributed by atoms with van der Waals surface area (Å²) in [5, 5.41) is 17.7. The Morgan fingerprint density at radius 3 is 2.83 bits per heavy atom. The van der Waals surface area contributed by atoms with Gasteiger partial charge in [0.15, 0.2) is 0 Å². The first-order valence-corrected chi connectivity index (χ1v) is 12.0. The van der Waals surface area contributed by atoms with Crippen LogP contribution in [0.1, 0.15) is 41.6 Å². The number of aliphatic hydroxyl groups excluding tert-OH is 1. The van der Waals surface area contributed by atoms with Crippen molar-refractivity contribution in [1.29, 1.82) is 0 Å². The summed E-state index contributed by atoms with van der Waals surface area (Å²) >= 11 is 0. The summed E-state index contributed by atoms with van der Waals surface area (Å²) in [5.74, 6) is -0.465. The molecule has 0 bridgehead atoms. The van der Waals surface area contributed by atoms with Crippen molar-refractivity contribution < 1.29 is 24.3 Å². The molecule has 1 aromatic carbocycles. The lowest BCUT2D eigenvalue weighted by Crippen LogP contribution is -2.52. The minimum Gasteiger partial charge on any atom is -0.394 e. The average Bonchev–Trinajstić information content (AvgIpc) is 3.48. The summed E-state index contributed by atoms with van der Waals surface area (Å²) in [5.41, 5.74) is 1.55. The van der Waals surface area contributed by atoms with Crippen molar-refractivity contribution in [2.75, 3.05) is 35.2 Å². The highest BCUT2D eigenvalue weighted by molar-refractivity contribution is 6.07. The van der Waals surface area contributed by atoms with Crippen molar-refractivity contribution in [2.45, 2.75) is 44.3 Å². The Kier molecular flexibility index (Phi) is 6.51. The van der Waals surface area contributed by atoms with Gasteiger partial charge in [0.1, 0.15) is 11.9 Å². The van der Waals surface area contributed by atoms with Crippen LogP contribution < -0.4 is 20.9 Å². The van der Waals surface area contributed by atoms with Crippen molar-refractivity contribution >= 4 is 41.1 Å². The third kappa shape index (κ3) is 4.59. The van der Waals surface area contributed by atoms with Gasteiger partial charge >= 0.3 is 0 Å². The average molecular weight is 494 g/mol. The number of benzene rings is 1. The van der Waals surface area contributed by atoms with E-state index in [0.29, 0.717) is 28.6 Å². The molecule has 12 heteroatoms. The van der Waals surface area contributed by atoms with Crippen LogP contribution in [0.25, 0.3) is 0 Å². The lowest BCUT2D eigenvalue weighted by Gasteiger charge is -2.29. The van der Waals surface area contributed by atoms with Gasteiger partial charge in [0.25, 0.3) is 5.91 Å². The van der Waals surface area contributed by atoms with Gasteiger partial charge in [-0.1, -0.05) is 6.07 Å². The van der Waals surface area contributed by atoms with Crippen molar-refractivity contribution in [3.8, 4) is 0 Å². The predicted octanol–water partition coefficient (Wildman–Crippen LogP) is 0.249. The van der Waals surface area contributed by atoms with Crippen molar-refractivity contribution in [1.82, 2.24) is 20.2 Å². The van der Waals surface area contributed by atoms with Crippen LogP contribution in [0.3, 0.4) is 0 Å². The second-order valence-electron chi connectivity index (χ2n) is 9.05. The number of aromatic nitrogens is 2. The fourth-order valence-electron chi connectivity index (χ4n) is 4.94. The van der Waals surface area contributed by atoms with Gasteiger partial charge in [-0.3, -0.25) is 24.5 Å². The molecule has 4 heterocycles. The largest absolute Gasteiger partial charge is 0.394 e. The Hall–Kier alpha value is -4.06. The summed E-state index contributed by atoms with van der Waals surface area (Å²) in [4.78, 5) is 61.6. The van der Waals surface area contributed by atoms with E-state index in [1.807, 2.05) is 4.90 Å². The van der Waals surface area contributed by atoms with Crippen LogP contribution in [0, 0.1) is 0 Å². The number of imide groups is 1. The smallest absolute Gasteiger partial charge is 0.255 e. The quantitative estimate of drug-likeness (QED) is 0.397. The highest BCUT2D eigenvalue weighted by atomic mass is 16.3. The molecule has 2 fully saturated rings. The first kappa shape index (κ1) is 23.7. The molecule has 0 radical (unpaired) electrons. The van der Waals surface area contributed by atoms with Crippen LogP contribution in [0.4, 0.5) is 17.5 Å². The van der Waals surface area contributed by atoms with Crippen molar-refractivity contribution in [2.24, 2.45) is 0 Å². The molecule has 4 amide bonds. The van der Waals surface area contributed by atoms with E-state index in [-0.39, 0.29) is 56.3 Å². The maximum Gasteiger partial charge on any atom is 0.255 e. The van der Waals surface area contributed by atoms with Crippen LogP contribution in [0.15, 0.2) is 30.5 Å². The van der Waals surface area contributed by atoms with E-state index in [4.69, 9.17) is 0 Å². The van der Waals surface area contributed by atoms with E-state index in [1.165, 1.54) is 4.90 Å². The molecule has 0 saturated carbocycles. The van der Waals surface area contributed by atoms with Crippen LogP contribution >= 0.6 is 0 Å². The Bertz CT molecular complexity index is 1220. The summed E-state index contributed by atoms with van der Waals surface area (Å²) in [7, 11) is 0. The molecule has 3 aliphatic rings. The molecule has 12 nitrogen and oxygen atoms in total. The van der Waals surface area contributed by atoms with E-state index in [1.54, 1.807) is 30.5 Å². The molecule has 2 aromatic rings. The monoisotopic (exact) mass is 493 g/mol. The van der Waals surface area contributed by atoms with Gasteiger partial charge in [0, 0.05) is 42.5 Å². The Morgan fingerprint density at radius 2 is 2.03 bits per heavy atom. The fourth-order valence-corrected chi connectivity index (χ4v) is 4.94. The molecule has 2 atom stereocenters. The Labute approximate surface area is 207 Å². The molecular weight excluding hydrogens is 466 g/mol. The van der Waals surface area contributed by atoms with Gasteiger partial charge in [0.2, 0.25) is 23.7 Å². The molecule has 1 unspecified atom stereocenters. The van der Waals surface area contributed by atoms with Crippen molar-refractivity contribution in [3.05, 3.63) is 41.6 Å². The topological polar surface area (TPSA) is 157 Å². The Morgan fingerprint density at radius 1 is 1.17 bits per heavy atom. The molecule has 3 aliphatic heterocycles. The number of carbonyl (C=O) groups excluding carboxylic acids is 4. The maximum absolute atomic E-state index is 13.0. The summed E-state index contributed by atoms with van der Waals surface area (Å²) in [6, 6.07) is 5.99. The minimum absolute atomic E-state index is 0.00817. The minimum atomic E-state index is -0.721. The molecule has 1 aromatic heterocycles. The standard InChI is InChI=1S/C24H27N7O5/c32-13-14-3-2-10-30(14)24-25-9-8-19(28-24)26-11-21(34)27-17-5-1-4-15-16(17)12-31(23(15)36)18-6-7-20(33)29-22(18)35/h1,4-5,8-9,14,18,32H,2-3,6-7,10-13H2,(H,27,34)(H,25,26,28)(H,29,33,35)/t14-,18?/m1/s1. The Balaban J connectivity index is 1.23. The SMILES string of the molecule is O=C1CCC(N2Cc3c(NC(=O)CNc4ccnc(N5CCC[C@@H]5CO)n4)cccc3C2=O)C(=O)N1. The molecule has 0 spiro atoms. The zero-order chi connectivity index (χ0) is 25.2. The molecule has 2 saturated heterocycles. The number of hydrogen-bond donors (Lipinski definition) is 4. The van der Waals surface area contributed by atoms with E-state index >= 15 is 0 Å². The molecule has 188 valence electrons. The molecule has 36 heavy (non-hydrogen) atoms. The van der Waals surface area contributed by atoms with Gasteiger partial charge in [-0.05, 0) is 37.5 Å². The van der Waals surface area contributed by atoms with E-state index in [2.05, 4.69) is 25.9 Å². The second-order valence-corrected chi connectivity index (χ2v) is 9.05. The normalized spacial score (nSPS) is 21.4. The number of amides is 4. The predicted molar refractivity (Wildman–Crippen MR) is 129 cm³/mol. The lowest BCUT2D eigenvalue weighted by atomic mass is 10.0. The molecule has 4 N–H and O–H groups in total. The third-order valence-electron chi connectivity index (χ3n) is 6.77. The zero-order valence-electron chi connectivity index (χ0n) is 19.6. The number of fused-ring (bicyclic) bond motifs is 1. The van der Waals surface area contributed by atoms with Crippen molar-refractivity contribution in [3.63, 3.8) is 0 Å². The fraction of sp³-hybridized carbons (Fsp3) is 0.417. The summed E-state index contributed by atoms with van der Waals surface area (Å²) in [6.45, 7) is 0.910. The number of rotatable bonds is 7. The zero-order valence-corrected chi connectivity index (χ0v) is 19.6. The first-order valence-electron chi connectivity index (χ1n) is 12.0. The van der Waals surface area contributed by atoms with Gasteiger partial charge in [-0.25, -0.2) is 4.98 Å². The molecule has 0 aliphatic carbocycles. The number of hydrogen-bond acceptors (Lipinski definition) is 9. The van der Waals surface area contributed by atoms with Gasteiger partial charge in [0.05, 0.1) is 19.2 Å². The molecular formula is C24H27N7O5. The first-order chi connectivity index (χ1) is 17.4. The number of nitrogens with zero attached hydrogens (tertiary/aromatic N) is 4. The number of carbonyl (C=O) groups is 4. The van der Waals surface area contributed by atoms with Gasteiger partial charge < -0.3 is 25.5 Å². The maximum atomic E-state index is 13.0. The van der Waals surface area contributed by atoms with Crippen LogP contribution in [-0.2, 0) is 20.9 Å². The van der Waals surface area contributed by atoms with E-state index in [0.717, 1.165) is 19.4 Å². The van der Waals surface area contributed by atoms with E-state index < -0.39 is 11.9 Å². The lowest BCUT2D eigenvalue weighted by molar-refractivity contribution is -0.137. The number of nitrogens with one attached hydrogen (secondary N) is 3. The third-order valence-corrected chi connectivity index (χ3v) is 6.77. The highest BCUT2D eigenvalue weighted by Gasteiger charge is 2.40. The van der Waals surface area contributed by atoms with Gasteiger partial charge in [-0.15, -0.1) is 0 Å². The molecule has 5 rings (SSSR count).